The van der Waals surface area contributed by atoms with Crippen molar-refractivity contribution in [3.05, 3.63) is 88.6 Å². The number of fused-ring (bicyclic) bond motifs is 1. The van der Waals surface area contributed by atoms with Crippen LogP contribution in [0.15, 0.2) is 59.0 Å². The lowest BCUT2D eigenvalue weighted by atomic mass is 9.87. The second kappa shape index (κ2) is 10.2. The molecule has 0 N–H and O–H groups in total. The van der Waals surface area contributed by atoms with Gasteiger partial charge in [0.1, 0.15) is 23.9 Å². The van der Waals surface area contributed by atoms with Gasteiger partial charge >= 0.3 is 0 Å². The van der Waals surface area contributed by atoms with E-state index in [9.17, 15) is 14.0 Å². The Balaban J connectivity index is 1.37. The lowest BCUT2D eigenvalue weighted by molar-refractivity contribution is -0.136. The number of hydrogen-bond acceptors (Lipinski definition) is 4. The number of carbonyl (C=O) groups is 2. The zero-order valence-electron chi connectivity index (χ0n) is 20.7. The van der Waals surface area contributed by atoms with Crippen LogP contribution >= 0.6 is 0 Å². The van der Waals surface area contributed by atoms with E-state index in [-0.39, 0.29) is 36.2 Å². The van der Waals surface area contributed by atoms with Crippen LogP contribution < -0.4 is 4.74 Å². The number of rotatable bonds is 6. The zero-order chi connectivity index (χ0) is 25.2. The maximum atomic E-state index is 13.7. The smallest absolute Gasteiger partial charge is 0.289 e. The molecule has 3 aromatic rings. The molecule has 6 nitrogen and oxygen atoms in total. The third-order valence-electron chi connectivity index (χ3n) is 6.96. The molecule has 1 aromatic heterocycles. The van der Waals surface area contributed by atoms with Gasteiger partial charge in [-0.15, -0.1) is 0 Å². The van der Waals surface area contributed by atoms with Gasteiger partial charge in [0.2, 0.25) is 5.91 Å². The normalized spacial score (nSPS) is 17.4. The molecular weight excluding hydrogens is 459 g/mol. The number of halogens is 1. The Bertz CT molecular complexity index is 1240. The molecule has 5 rings (SSSR count). The van der Waals surface area contributed by atoms with Gasteiger partial charge in [0, 0.05) is 25.6 Å². The SMILES string of the molecule is CC(C)C(=O)N1CCc2ccc(OCc3ccc(C(=O)N4CCCC4)o3)cc2[C@H]1c1ccc(F)cc1. The van der Waals surface area contributed by atoms with Gasteiger partial charge in [0.15, 0.2) is 5.76 Å². The van der Waals surface area contributed by atoms with Crippen molar-refractivity contribution in [2.75, 3.05) is 19.6 Å². The highest BCUT2D eigenvalue weighted by Crippen LogP contribution is 2.38. The average molecular weight is 491 g/mol. The fourth-order valence-corrected chi connectivity index (χ4v) is 5.06. The first-order chi connectivity index (χ1) is 17.4. The van der Waals surface area contributed by atoms with Crippen molar-refractivity contribution < 1.29 is 23.1 Å². The Labute approximate surface area is 210 Å². The van der Waals surface area contributed by atoms with Gasteiger partial charge in [-0.1, -0.05) is 32.0 Å². The van der Waals surface area contributed by atoms with Crippen LogP contribution in [0, 0.1) is 11.7 Å². The molecule has 188 valence electrons. The first-order valence-electron chi connectivity index (χ1n) is 12.6. The largest absolute Gasteiger partial charge is 0.486 e. The van der Waals surface area contributed by atoms with Gasteiger partial charge in [-0.3, -0.25) is 9.59 Å². The van der Waals surface area contributed by atoms with E-state index in [1.807, 2.05) is 41.8 Å². The topological polar surface area (TPSA) is 63.0 Å². The van der Waals surface area contributed by atoms with Crippen LogP contribution in [-0.4, -0.2) is 41.2 Å². The zero-order valence-corrected chi connectivity index (χ0v) is 20.7. The standard InChI is InChI=1S/C29H31FN2O4/c1-19(2)28(33)32-16-13-20-7-10-23(17-25(20)27(32)21-5-8-22(30)9-6-21)35-18-24-11-12-26(36-24)29(34)31-14-3-4-15-31/h5-12,17,19,27H,3-4,13-16,18H2,1-2H3/t27-/m1/s1. The van der Waals surface area contributed by atoms with Gasteiger partial charge in [0.25, 0.3) is 5.91 Å². The first-order valence-corrected chi connectivity index (χ1v) is 12.6. The summed E-state index contributed by atoms with van der Waals surface area (Å²) in [6.07, 6.45) is 2.80. The summed E-state index contributed by atoms with van der Waals surface area (Å²) in [5.41, 5.74) is 2.98. The second-order valence-electron chi connectivity index (χ2n) is 9.80. The number of nitrogens with zero attached hydrogens (tertiary/aromatic N) is 2. The fraction of sp³-hybridized carbons (Fsp3) is 0.379. The van der Waals surface area contributed by atoms with Crippen LogP contribution in [0.4, 0.5) is 4.39 Å². The minimum Gasteiger partial charge on any atom is -0.486 e. The van der Waals surface area contributed by atoms with E-state index >= 15 is 0 Å². The number of ether oxygens (including phenoxy) is 1. The minimum absolute atomic E-state index is 0.0621. The van der Waals surface area contributed by atoms with Crippen molar-refractivity contribution in [2.45, 2.75) is 45.8 Å². The van der Waals surface area contributed by atoms with E-state index in [0.29, 0.717) is 23.8 Å². The minimum atomic E-state index is -0.318. The van der Waals surface area contributed by atoms with Crippen molar-refractivity contribution >= 4 is 11.8 Å². The molecule has 7 heteroatoms. The highest BCUT2D eigenvalue weighted by molar-refractivity contribution is 5.91. The van der Waals surface area contributed by atoms with E-state index < -0.39 is 0 Å². The fourth-order valence-electron chi connectivity index (χ4n) is 5.06. The van der Waals surface area contributed by atoms with E-state index in [0.717, 1.165) is 49.0 Å². The van der Waals surface area contributed by atoms with Crippen molar-refractivity contribution in [3.8, 4) is 5.75 Å². The van der Waals surface area contributed by atoms with Crippen LogP contribution in [0.25, 0.3) is 0 Å². The molecule has 0 saturated carbocycles. The molecule has 0 radical (unpaired) electrons. The van der Waals surface area contributed by atoms with E-state index in [1.165, 1.54) is 12.1 Å². The van der Waals surface area contributed by atoms with E-state index in [4.69, 9.17) is 9.15 Å². The Morgan fingerprint density at radius 1 is 1.03 bits per heavy atom. The predicted octanol–water partition coefficient (Wildman–Crippen LogP) is 5.36. The third kappa shape index (κ3) is 4.87. The molecule has 1 atom stereocenters. The molecule has 2 aliphatic rings. The Hall–Kier alpha value is -3.61. The molecule has 2 amide bonds. The molecule has 0 bridgehead atoms. The predicted molar refractivity (Wildman–Crippen MR) is 133 cm³/mol. The number of likely N-dealkylation sites (tertiary alicyclic amines) is 1. The number of benzene rings is 2. The highest BCUT2D eigenvalue weighted by atomic mass is 19.1. The Kier molecular flexibility index (Phi) is 6.81. The molecule has 1 saturated heterocycles. The molecule has 0 unspecified atom stereocenters. The van der Waals surface area contributed by atoms with E-state index in [2.05, 4.69) is 0 Å². The number of hydrogen-bond donors (Lipinski definition) is 0. The van der Waals surface area contributed by atoms with Crippen LogP contribution in [0.2, 0.25) is 0 Å². The molecule has 1 fully saturated rings. The molecule has 3 heterocycles. The maximum Gasteiger partial charge on any atom is 0.289 e. The summed E-state index contributed by atoms with van der Waals surface area (Å²) in [6, 6.07) is 15.4. The van der Waals surface area contributed by atoms with Crippen LogP contribution in [0.3, 0.4) is 0 Å². The lowest BCUT2D eigenvalue weighted by Crippen LogP contribution is -2.42. The molecule has 0 spiro atoms. The molecule has 2 aliphatic heterocycles. The van der Waals surface area contributed by atoms with Crippen molar-refractivity contribution in [1.29, 1.82) is 0 Å². The summed E-state index contributed by atoms with van der Waals surface area (Å²) >= 11 is 0. The summed E-state index contributed by atoms with van der Waals surface area (Å²) in [4.78, 5) is 29.3. The van der Waals surface area contributed by atoms with Crippen molar-refractivity contribution in [1.82, 2.24) is 9.80 Å². The first kappa shape index (κ1) is 24.1. The highest BCUT2D eigenvalue weighted by Gasteiger charge is 2.33. The Morgan fingerprint density at radius 2 is 1.78 bits per heavy atom. The second-order valence-corrected chi connectivity index (χ2v) is 9.80. The summed E-state index contributed by atoms with van der Waals surface area (Å²) in [5, 5.41) is 0. The van der Waals surface area contributed by atoms with Crippen molar-refractivity contribution in [3.63, 3.8) is 0 Å². The van der Waals surface area contributed by atoms with Gasteiger partial charge in [-0.05, 0) is 72.4 Å². The van der Waals surface area contributed by atoms with Gasteiger partial charge in [-0.25, -0.2) is 4.39 Å². The molecule has 36 heavy (non-hydrogen) atoms. The lowest BCUT2D eigenvalue weighted by Gasteiger charge is -2.39. The number of amides is 2. The average Bonchev–Trinajstić information content (AvgIpc) is 3.59. The molecular formula is C29H31FN2O4. The van der Waals surface area contributed by atoms with Gasteiger partial charge < -0.3 is 19.0 Å². The van der Waals surface area contributed by atoms with Crippen LogP contribution in [0.1, 0.15) is 65.7 Å². The monoisotopic (exact) mass is 490 g/mol. The quantitative estimate of drug-likeness (QED) is 0.467. The maximum absolute atomic E-state index is 13.7. The molecule has 0 aliphatic carbocycles. The summed E-state index contributed by atoms with van der Waals surface area (Å²) < 4.78 is 25.5. The summed E-state index contributed by atoms with van der Waals surface area (Å²) in [5.74, 6) is 1.07. The van der Waals surface area contributed by atoms with E-state index in [1.54, 1.807) is 24.3 Å². The summed E-state index contributed by atoms with van der Waals surface area (Å²) in [7, 11) is 0. The number of carbonyl (C=O) groups excluding carboxylic acids is 2. The molecule has 2 aromatic carbocycles. The van der Waals surface area contributed by atoms with Gasteiger partial charge in [0.05, 0.1) is 6.04 Å². The summed E-state index contributed by atoms with van der Waals surface area (Å²) in [6.45, 7) is 6.11. The van der Waals surface area contributed by atoms with Crippen LogP contribution in [-0.2, 0) is 17.8 Å². The van der Waals surface area contributed by atoms with Crippen molar-refractivity contribution in [2.24, 2.45) is 5.92 Å². The van der Waals surface area contributed by atoms with Crippen LogP contribution in [0.5, 0.6) is 5.75 Å². The Morgan fingerprint density at radius 3 is 2.50 bits per heavy atom. The third-order valence-corrected chi connectivity index (χ3v) is 6.96. The number of furan rings is 1. The van der Waals surface area contributed by atoms with Gasteiger partial charge in [-0.2, -0.15) is 0 Å².